The van der Waals surface area contributed by atoms with E-state index in [-0.39, 0.29) is 12.5 Å². The molecule has 2 N–H and O–H groups in total. The van der Waals surface area contributed by atoms with Gasteiger partial charge < -0.3 is 20.1 Å². The fourth-order valence-corrected chi connectivity index (χ4v) is 3.37. The van der Waals surface area contributed by atoms with Gasteiger partial charge in [0.2, 0.25) is 5.91 Å². The van der Waals surface area contributed by atoms with Crippen molar-refractivity contribution in [1.82, 2.24) is 10.6 Å². The first-order valence-corrected chi connectivity index (χ1v) is 11.6. The van der Waals surface area contributed by atoms with E-state index in [2.05, 4.69) is 33.2 Å². The number of ether oxygens (including phenoxy) is 2. The second-order valence-electron chi connectivity index (χ2n) is 7.27. The lowest BCUT2D eigenvalue weighted by Gasteiger charge is -2.16. The van der Waals surface area contributed by atoms with Crippen LogP contribution in [0.25, 0.3) is 0 Å². The molecule has 7 nitrogen and oxygen atoms in total. The number of benzene rings is 2. The maximum atomic E-state index is 12.3. The summed E-state index contributed by atoms with van der Waals surface area (Å²) in [5.74, 6) is -0.656. The Morgan fingerprint density at radius 3 is 2.34 bits per heavy atom. The number of hydrogen-bond donors (Lipinski definition) is 2. The average Bonchev–Trinajstić information content (AvgIpc) is 2.81. The fourth-order valence-electron chi connectivity index (χ4n) is 3.01. The minimum absolute atomic E-state index is 0.193. The third-order valence-corrected chi connectivity index (χ3v) is 5.46. The molecule has 8 heteroatoms. The molecule has 2 amide bonds. The monoisotopic (exact) mass is 552 g/mol. The van der Waals surface area contributed by atoms with Crippen LogP contribution in [0.4, 0.5) is 4.79 Å². The van der Waals surface area contributed by atoms with Crippen molar-refractivity contribution in [1.29, 1.82) is 0 Å². The van der Waals surface area contributed by atoms with E-state index in [1.165, 1.54) is 7.11 Å². The van der Waals surface area contributed by atoms with E-state index in [0.29, 0.717) is 25.8 Å². The Kier molecular flexibility index (Phi) is 11.6. The van der Waals surface area contributed by atoms with E-state index in [4.69, 9.17) is 9.47 Å². The van der Waals surface area contributed by atoms with Crippen LogP contribution in [0.15, 0.2) is 54.6 Å². The second-order valence-corrected chi connectivity index (χ2v) is 8.52. The van der Waals surface area contributed by atoms with Crippen LogP contribution in [-0.2, 0) is 32.1 Å². The van der Waals surface area contributed by atoms with Crippen LogP contribution in [0, 0.1) is 3.57 Å². The van der Waals surface area contributed by atoms with Crippen LogP contribution < -0.4 is 10.6 Å². The van der Waals surface area contributed by atoms with E-state index in [0.717, 1.165) is 27.5 Å². The highest BCUT2D eigenvalue weighted by Gasteiger charge is 2.21. The number of rotatable bonds is 12. The second kappa shape index (κ2) is 14.4. The molecule has 0 saturated heterocycles. The molecule has 0 heterocycles. The van der Waals surface area contributed by atoms with Crippen LogP contribution in [0.2, 0.25) is 0 Å². The highest BCUT2D eigenvalue weighted by Crippen LogP contribution is 2.10. The van der Waals surface area contributed by atoms with Crippen LogP contribution in [0.5, 0.6) is 0 Å². The van der Waals surface area contributed by atoms with Crippen molar-refractivity contribution >= 4 is 40.6 Å². The Morgan fingerprint density at radius 1 is 0.938 bits per heavy atom. The van der Waals surface area contributed by atoms with Crippen LogP contribution in [-0.4, -0.2) is 37.7 Å². The standard InChI is InChI=1S/C24H29IN2O5/c1-31-23(29)21(16-18-11-13-20(25)14-12-18)27-22(28)10-6-3-7-15-26-24(30)32-17-19-8-4-2-5-9-19/h2,4-5,8-9,11-14,21H,3,6-7,10,15-17H2,1H3,(H,26,30)(H,27,28)/t21-/m1/s1. The molecule has 0 saturated carbocycles. The van der Waals surface area contributed by atoms with Crippen molar-refractivity contribution in [3.8, 4) is 0 Å². The first-order chi connectivity index (χ1) is 15.5. The van der Waals surface area contributed by atoms with Crippen molar-refractivity contribution in [3.05, 3.63) is 69.3 Å². The number of esters is 1. The molecule has 2 rings (SSSR count). The summed E-state index contributed by atoms with van der Waals surface area (Å²) in [5.41, 5.74) is 1.88. The van der Waals surface area contributed by atoms with Gasteiger partial charge in [-0.05, 0) is 58.7 Å². The van der Waals surface area contributed by atoms with Gasteiger partial charge in [-0.1, -0.05) is 48.9 Å². The van der Waals surface area contributed by atoms with Gasteiger partial charge in [0.15, 0.2) is 0 Å². The Balaban J connectivity index is 1.61. The zero-order chi connectivity index (χ0) is 23.2. The summed E-state index contributed by atoms with van der Waals surface area (Å²) in [6, 6.07) is 16.5. The summed E-state index contributed by atoms with van der Waals surface area (Å²) in [4.78, 5) is 36.0. The number of hydrogen-bond acceptors (Lipinski definition) is 5. The number of nitrogens with one attached hydrogen (secondary N) is 2. The number of amides is 2. The van der Waals surface area contributed by atoms with Crippen molar-refractivity contribution in [3.63, 3.8) is 0 Å². The van der Waals surface area contributed by atoms with Crippen molar-refractivity contribution in [2.24, 2.45) is 0 Å². The summed E-state index contributed by atoms with van der Waals surface area (Å²) >= 11 is 2.21. The lowest BCUT2D eigenvalue weighted by Crippen LogP contribution is -2.43. The molecule has 0 unspecified atom stereocenters. The van der Waals surface area contributed by atoms with Crippen molar-refractivity contribution < 1.29 is 23.9 Å². The number of carbonyl (C=O) groups excluding carboxylic acids is 3. The molecule has 172 valence electrons. The van der Waals surface area contributed by atoms with Gasteiger partial charge in [-0.15, -0.1) is 0 Å². The van der Waals surface area contributed by atoms with Gasteiger partial charge in [-0.3, -0.25) is 4.79 Å². The molecule has 2 aromatic rings. The molecule has 32 heavy (non-hydrogen) atoms. The lowest BCUT2D eigenvalue weighted by atomic mass is 10.1. The summed E-state index contributed by atoms with van der Waals surface area (Å²) < 4.78 is 11.1. The molecule has 0 radical (unpaired) electrons. The van der Waals surface area contributed by atoms with Gasteiger partial charge in [0.1, 0.15) is 12.6 Å². The van der Waals surface area contributed by atoms with Crippen molar-refractivity contribution in [2.75, 3.05) is 13.7 Å². The normalized spacial score (nSPS) is 11.3. The zero-order valence-corrected chi connectivity index (χ0v) is 20.3. The molecular formula is C24H29IN2O5. The maximum absolute atomic E-state index is 12.3. The topological polar surface area (TPSA) is 93.7 Å². The Labute approximate surface area is 202 Å². The van der Waals surface area contributed by atoms with Gasteiger partial charge >= 0.3 is 12.1 Å². The predicted octanol–water partition coefficient (Wildman–Crippen LogP) is 3.98. The van der Waals surface area contributed by atoms with Crippen molar-refractivity contribution in [2.45, 2.75) is 44.8 Å². The molecule has 0 aromatic heterocycles. The molecule has 0 spiro atoms. The van der Waals surface area contributed by atoms with Crippen LogP contribution in [0.3, 0.4) is 0 Å². The van der Waals surface area contributed by atoms with Gasteiger partial charge in [0.25, 0.3) is 0 Å². The predicted molar refractivity (Wildman–Crippen MR) is 130 cm³/mol. The first kappa shape index (κ1) is 25.6. The molecule has 2 aromatic carbocycles. The number of halogens is 1. The number of methoxy groups -OCH3 is 1. The van der Waals surface area contributed by atoms with E-state index < -0.39 is 18.1 Å². The summed E-state index contributed by atoms with van der Waals surface area (Å²) in [5, 5.41) is 5.47. The highest BCUT2D eigenvalue weighted by molar-refractivity contribution is 14.1. The molecule has 0 aliphatic carbocycles. The molecule has 0 aliphatic rings. The molecule has 0 bridgehead atoms. The van der Waals surface area contributed by atoms with Gasteiger partial charge in [-0.2, -0.15) is 0 Å². The summed E-state index contributed by atoms with van der Waals surface area (Å²) in [6.45, 7) is 0.712. The SMILES string of the molecule is COC(=O)[C@@H](Cc1ccc(I)cc1)NC(=O)CCCCCNC(=O)OCc1ccccc1. The summed E-state index contributed by atoms with van der Waals surface area (Å²) in [7, 11) is 1.31. The largest absolute Gasteiger partial charge is 0.467 e. The van der Waals surface area contributed by atoms with E-state index in [1.807, 2.05) is 54.6 Å². The summed E-state index contributed by atoms with van der Waals surface area (Å²) in [6.07, 6.45) is 2.39. The van der Waals surface area contributed by atoms with Gasteiger partial charge in [0, 0.05) is 23.0 Å². The van der Waals surface area contributed by atoms with E-state index in [9.17, 15) is 14.4 Å². The lowest BCUT2D eigenvalue weighted by molar-refractivity contribution is -0.145. The number of carbonyl (C=O) groups is 3. The number of alkyl carbamates (subject to hydrolysis) is 1. The Hall–Kier alpha value is -2.62. The zero-order valence-electron chi connectivity index (χ0n) is 18.1. The molecular weight excluding hydrogens is 523 g/mol. The average molecular weight is 552 g/mol. The van der Waals surface area contributed by atoms with Gasteiger partial charge in [0.05, 0.1) is 7.11 Å². The molecule has 0 aliphatic heterocycles. The molecule has 1 atom stereocenters. The third-order valence-electron chi connectivity index (χ3n) is 4.74. The highest BCUT2D eigenvalue weighted by atomic mass is 127. The minimum Gasteiger partial charge on any atom is -0.467 e. The first-order valence-electron chi connectivity index (χ1n) is 10.5. The minimum atomic E-state index is -0.714. The molecule has 0 fully saturated rings. The van der Waals surface area contributed by atoms with Gasteiger partial charge in [-0.25, -0.2) is 9.59 Å². The fraction of sp³-hybridized carbons (Fsp3) is 0.375. The Bertz CT molecular complexity index is 858. The van der Waals surface area contributed by atoms with E-state index in [1.54, 1.807) is 0 Å². The maximum Gasteiger partial charge on any atom is 0.407 e. The third kappa shape index (κ3) is 10.1. The van der Waals surface area contributed by atoms with E-state index >= 15 is 0 Å². The Morgan fingerprint density at radius 2 is 1.66 bits per heavy atom. The number of unbranched alkanes of at least 4 members (excludes halogenated alkanes) is 2. The van der Waals surface area contributed by atoms with Crippen LogP contribution >= 0.6 is 22.6 Å². The quantitative estimate of drug-likeness (QED) is 0.236. The van der Waals surface area contributed by atoms with Crippen LogP contribution in [0.1, 0.15) is 36.8 Å². The smallest absolute Gasteiger partial charge is 0.407 e.